The van der Waals surface area contributed by atoms with Gasteiger partial charge in [-0.1, -0.05) is 6.92 Å². The van der Waals surface area contributed by atoms with Gasteiger partial charge in [0, 0.05) is 13.0 Å². The van der Waals surface area contributed by atoms with E-state index in [-0.39, 0.29) is 0 Å². The molecule has 0 bridgehead atoms. The molecule has 0 aromatic carbocycles. The lowest BCUT2D eigenvalue weighted by atomic mass is 10.1. The molecule has 1 heterocycles. The van der Waals surface area contributed by atoms with Gasteiger partial charge in [-0.2, -0.15) is 0 Å². The van der Waals surface area contributed by atoms with Crippen molar-refractivity contribution in [2.75, 3.05) is 19.6 Å². The number of likely N-dealkylation sites (tertiary alicyclic amines) is 1. The van der Waals surface area contributed by atoms with Crippen LogP contribution < -0.4 is 0 Å². The molecule has 1 aliphatic heterocycles. The number of hydrogen-bond acceptors (Lipinski definition) is 2. The van der Waals surface area contributed by atoms with E-state index < -0.39 is 5.97 Å². The van der Waals surface area contributed by atoms with Gasteiger partial charge in [-0.25, -0.2) is 0 Å². The van der Waals surface area contributed by atoms with Crippen LogP contribution in [0.25, 0.3) is 0 Å². The van der Waals surface area contributed by atoms with E-state index in [2.05, 4.69) is 11.8 Å². The molecule has 0 saturated carbocycles. The van der Waals surface area contributed by atoms with Gasteiger partial charge < -0.3 is 10.0 Å². The number of nitrogens with zero attached hydrogens (tertiary/aromatic N) is 1. The fourth-order valence-corrected chi connectivity index (χ4v) is 1.61. The van der Waals surface area contributed by atoms with E-state index in [4.69, 9.17) is 5.11 Å². The molecule has 11 heavy (non-hydrogen) atoms. The lowest BCUT2D eigenvalue weighted by Crippen LogP contribution is -2.20. The maximum atomic E-state index is 10.3. The molecule has 3 heteroatoms. The van der Waals surface area contributed by atoms with Crippen LogP contribution in [0.15, 0.2) is 0 Å². The third-order valence-electron chi connectivity index (χ3n) is 2.28. The van der Waals surface area contributed by atoms with Crippen LogP contribution in [-0.2, 0) is 4.79 Å². The Morgan fingerprint density at radius 3 is 2.91 bits per heavy atom. The number of hydrogen-bond donors (Lipinski definition) is 1. The van der Waals surface area contributed by atoms with Crippen LogP contribution in [0.1, 0.15) is 19.8 Å². The Kier molecular flexibility index (Phi) is 2.88. The molecule has 1 rings (SSSR count). The van der Waals surface area contributed by atoms with Gasteiger partial charge >= 0.3 is 5.97 Å². The largest absolute Gasteiger partial charge is 0.481 e. The van der Waals surface area contributed by atoms with Crippen molar-refractivity contribution >= 4 is 5.97 Å². The summed E-state index contributed by atoms with van der Waals surface area (Å²) in [4.78, 5) is 12.6. The number of carboxylic acids is 1. The van der Waals surface area contributed by atoms with Crippen molar-refractivity contribution in [3.63, 3.8) is 0 Å². The van der Waals surface area contributed by atoms with Crippen LogP contribution >= 0.6 is 0 Å². The molecule has 0 aliphatic carbocycles. The van der Waals surface area contributed by atoms with Crippen molar-refractivity contribution in [1.82, 2.24) is 4.90 Å². The second-order valence-electron chi connectivity index (χ2n) is 3.15. The Labute approximate surface area is 67.0 Å². The van der Waals surface area contributed by atoms with Crippen molar-refractivity contribution in [2.45, 2.75) is 19.8 Å². The maximum absolute atomic E-state index is 10.3. The van der Waals surface area contributed by atoms with Crippen molar-refractivity contribution in [3.05, 3.63) is 0 Å². The molecular formula is C8H15NO2. The minimum Gasteiger partial charge on any atom is -0.481 e. The molecule has 0 unspecified atom stereocenters. The first-order chi connectivity index (χ1) is 5.22. The first-order valence-electron chi connectivity index (χ1n) is 4.16. The van der Waals surface area contributed by atoms with E-state index in [1.165, 1.54) is 0 Å². The molecule has 1 atom stereocenters. The quantitative estimate of drug-likeness (QED) is 0.658. The molecule has 1 saturated heterocycles. The molecular weight excluding hydrogens is 142 g/mol. The molecule has 1 aliphatic rings. The second kappa shape index (κ2) is 3.72. The minimum absolute atomic E-state index is 0.344. The number of carbonyl (C=O) groups is 1. The standard InChI is InChI=1S/C8H15NO2/c1-2-9-4-3-7(6-9)5-8(10)11/h7H,2-6H2,1H3,(H,10,11)/t7-/m0/s1. The van der Waals surface area contributed by atoms with Crippen LogP contribution in [-0.4, -0.2) is 35.6 Å². The highest BCUT2D eigenvalue weighted by atomic mass is 16.4. The average molecular weight is 157 g/mol. The smallest absolute Gasteiger partial charge is 0.303 e. The number of carboxylic acid groups (broad SMARTS) is 1. The Hall–Kier alpha value is -0.570. The van der Waals surface area contributed by atoms with E-state index in [9.17, 15) is 4.79 Å². The van der Waals surface area contributed by atoms with Crippen LogP contribution in [0.3, 0.4) is 0 Å². The molecule has 0 aromatic rings. The summed E-state index contributed by atoms with van der Waals surface area (Å²) in [5, 5.41) is 8.51. The van der Waals surface area contributed by atoms with Gasteiger partial charge in [-0.15, -0.1) is 0 Å². The lowest BCUT2D eigenvalue weighted by molar-refractivity contribution is -0.138. The topological polar surface area (TPSA) is 40.5 Å². The summed E-state index contributed by atoms with van der Waals surface area (Å²) in [7, 11) is 0. The van der Waals surface area contributed by atoms with Gasteiger partial charge in [0.05, 0.1) is 0 Å². The maximum Gasteiger partial charge on any atom is 0.303 e. The van der Waals surface area contributed by atoms with Crippen molar-refractivity contribution in [2.24, 2.45) is 5.92 Å². The van der Waals surface area contributed by atoms with Crippen LogP contribution in [0, 0.1) is 5.92 Å². The van der Waals surface area contributed by atoms with Crippen LogP contribution in [0.2, 0.25) is 0 Å². The van der Waals surface area contributed by atoms with E-state index in [0.717, 1.165) is 26.1 Å². The Morgan fingerprint density at radius 2 is 2.45 bits per heavy atom. The van der Waals surface area contributed by atoms with E-state index in [1.54, 1.807) is 0 Å². The van der Waals surface area contributed by atoms with Gasteiger partial charge in [0.25, 0.3) is 0 Å². The highest BCUT2D eigenvalue weighted by Gasteiger charge is 2.22. The fourth-order valence-electron chi connectivity index (χ4n) is 1.61. The molecule has 1 N–H and O–H groups in total. The first-order valence-corrected chi connectivity index (χ1v) is 4.16. The molecule has 3 nitrogen and oxygen atoms in total. The van der Waals surface area contributed by atoms with Gasteiger partial charge in [0.2, 0.25) is 0 Å². The summed E-state index contributed by atoms with van der Waals surface area (Å²) in [5.74, 6) is -0.264. The fraction of sp³-hybridized carbons (Fsp3) is 0.875. The van der Waals surface area contributed by atoms with E-state index in [1.807, 2.05) is 0 Å². The van der Waals surface area contributed by atoms with Crippen molar-refractivity contribution in [1.29, 1.82) is 0 Å². The van der Waals surface area contributed by atoms with E-state index in [0.29, 0.717) is 12.3 Å². The first kappa shape index (κ1) is 8.53. The van der Waals surface area contributed by atoms with Crippen molar-refractivity contribution < 1.29 is 9.90 Å². The Balaban J connectivity index is 2.24. The van der Waals surface area contributed by atoms with Crippen LogP contribution in [0.5, 0.6) is 0 Å². The van der Waals surface area contributed by atoms with Gasteiger partial charge in [0.1, 0.15) is 0 Å². The Morgan fingerprint density at radius 1 is 1.73 bits per heavy atom. The summed E-state index contributed by atoms with van der Waals surface area (Å²) >= 11 is 0. The monoisotopic (exact) mass is 157 g/mol. The third-order valence-corrected chi connectivity index (χ3v) is 2.28. The molecule has 64 valence electrons. The van der Waals surface area contributed by atoms with E-state index >= 15 is 0 Å². The number of aliphatic carboxylic acids is 1. The van der Waals surface area contributed by atoms with Gasteiger partial charge in [-0.05, 0) is 25.4 Å². The average Bonchev–Trinajstić information content (AvgIpc) is 2.34. The zero-order valence-corrected chi connectivity index (χ0v) is 6.92. The van der Waals surface area contributed by atoms with Crippen molar-refractivity contribution in [3.8, 4) is 0 Å². The molecule has 0 aromatic heterocycles. The molecule has 0 spiro atoms. The third kappa shape index (κ3) is 2.50. The second-order valence-corrected chi connectivity index (χ2v) is 3.15. The summed E-state index contributed by atoms with van der Waals surface area (Å²) in [6, 6.07) is 0. The highest BCUT2D eigenvalue weighted by Crippen LogP contribution is 2.18. The van der Waals surface area contributed by atoms with Gasteiger partial charge in [-0.3, -0.25) is 4.79 Å². The zero-order chi connectivity index (χ0) is 8.27. The predicted octanol–water partition coefficient (Wildman–Crippen LogP) is 0.803. The molecule has 1 fully saturated rings. The van der Waals surface area contributed by atoms with Crippen LogP contribution in [0.4, 0.5) is 0 Å². The normalized spacial score (nSPS) is 25.7. The highest BCUT2D eigenvalue weighted by molar-refractivity contribution is 5.67. The zero-order valence-electron chi connectivity index (χ0n) is 6.92. The SMILES string of the molecule is CCN1CC[C@@H](CC(=O)O)C1. The molecule has 0 amide bonds. The molecule has 0 radical (unpaired) electrons. The minimum atomic E-state index is -0.659. The summed E-state index contributed by atoms with van der Waals surface area (Å²) in [6.45, 7) is 5.22. The predicted molar refractivity (Wildman–Crippen MR) is 42.5 cm³/mol. The Bertz CT molecular complexity index is 147. The lowest BCUT2D eigenvalue weighted by Gasteiger charge is -2.11. The number of rotatable bonds is 3. The van der Waals surface area contributed by atoms with Gasteiger partial charge in [0.15, 0.2) is 0 Å². The summed E-state index contributed by atoms with van der Waals surface area (Å²) in [5.41, 5.74) is 0. The summed E-state index contributed by atoms with van der Waals surface area (Å²) < 4.78 is 0. The summed E-state index contributed by atoms with van der Waals surface area (Å²) in [6.07, 6.45) is 1.40.